The third kappa shape index (κ3) is 2.73. The van der Waals surface area contributed by atoms with Gasteiger partial charge in [0.2, 0.25) is 0 Å². The zero-order valence-electron chi connectivity index (χ0n) is 8.23. The number of ether oxygens (including phenoxy) is 2. The molecule has 0 spiro atoms. The van der Waals surface area contributed by atoms with Gasteiger partial charge in [0.1, 0.15) is 5.75 Å². The monoisotopic (exact) mass is 196 g/mol. The lowest BCUT2D eigenvalue weighted by Gasteiger charge is -2.10. The molecule has 0 unspecified atom stereocenters. The fourth-order valence-electron chi connectivity index (χ4n) is 1.12. The minimum Gasteiger partial charge on any atom is -0.468 e. The minimum absolute atomic E-state index is 0.0861. The third-order valence-corrected chi connectivity index (χ3v) is 1.78. The van der Waals surface area contributed by atoms with E-state index in [1.165, 1.54) is 7.11 Å². The minimum atomic E-state index is -1.53. The van der Waals surface area contributed by atoms with Crippen LogP contribution in [0, 0.1) is 6.92 Å². The van der Waals surface area contributed by atoms with Crippen LogP contribution in [0.15, 0.2) is 18.2 Å². The summed E-state index contributed by atoms with van der Waals surface area (Å²) in [5.41, 5.74) is 1.29. The molecule has 0 amide bonds. The van der Waals surface area contributed by atoms with E-state index >= 15 is 0 Å². The Morgan fingerprint density at radius 3 is 2.64 bits per heavy atom. The van der Waals surface area contributed by atoms with E-state index in [9.17, 15) is 0 Å². The van der Waals surface area contributed by atoms with Gasteiger partial charge in [0.05, 0.1) is 0 Å². The maximum Gasteiger partial charge on any atom is 0.492 e. The second-order valence-corrected chi connectivity index (χ2v) is 2.97. The van der Waals surface area contributed by atoms with E-state index in [1.807, 2.05) is 13.0 Å². The number of benzene rings is 1. The molecule has 0 aliphatic heterocycles. The fraction of sp³-hybridized carbons (Fsp3) is 0.333. The summed E-state index contributed by atoms with van der Waals surface area (Å²) in [7, 11) is -0.0229. The van der Waals surface area contributed by atoms with E-state index in [-0.39, 0.29) is 6.79 Å². The van der Waals surface area contributed by atoms with Crippen LogP contribution in [-0.2, 0) is 4.74 Å². The molecule has 0 saturated heterocycles. The summed E-state index contributed by atoms with van der Waals surface area (Å²) in [6.07, 6.45) is 0. The largest absolute Gasteiger partial charge is 0.492 e. The van der Waals surface area contributed by atoms with Crippen LogP contribution in [0.1, 0.15) is 5.56 Å². The van der Waals surface area contributed by atoms with Gasteiger partial charge < -0.3 is 19.5 Å². The highest BCUT2D eigenvalue weighted by molar-refractivity contribution is 6.59. The van der Waals surface area contributed by atoms with Crippen LogP contribution in [0.25, 0.3) is 0 Å². The van der Waals surface area contributed by atoms with Crippen molar-refractivity contribution < 1.29 is 19.5 Å². The average molecular weight is 196 g/mol. The van der Waals surface area contributed by atoms with Crippen molar-refractivity contribution in [1.82, 2.24) is 0 Å². The second kappa shape index (κ2) is 5.00. The van der Waals surface area contributed by atoms with Crippen molar-refractivity contribution in [2.45, 2.75) is 6.92 Å². The van der Waals surface area contributed by atoms with Crippen LogP contribution in [0.5, 0.6) is 5.75 Å². The Kier molecular flexibility index (Phi) is 3.94. The molecule has 0 saturated carbocycles. The highest BCUT2D eigenvalue weighted by atomic mass is 16.7. The van der Waals surface area contributed by atoms with E-state index in [1.54, 1.807) is 12.1 Å². The van der Waals surface area contributed by atoms with Gasteiger partial charge in [-0.25, -0.2) is 0 Å². The first-order valence-corrected chi connectivity index (χ1v) is 4.23. The SMILES string of the molecule is COCOc1ccc(C)cc1B(O)O. The van der Waals surface area contributed by atoms with E-state index < -0.39 is 7.12 Å². The highest BCUT2D eigenvalue weighted by Gasteiger charge is 2.16. The van der Waals surface area contributed by atoms with Gasteiger partial charge in [0.25, 0.3) is 0 Å². The summed E-state index contributed by atoms with van der Waals surface area (Å²) in [5.74, 6) is 0.424. The normalized spacial score (nSPS) is 10.0. The van der Waals surface area contributed by atoms with Crippen molar-refractivity contribution in [2.75, 3.05) is 13.9 Å². The smallest absolute Gasteiger partial charge is 0.468 e. The standard InChI is InChI=1S/C9H13BO4/c1-7-3-4-9(14-6-13-2)8(5-7)10(11)12/h3-5,11-12H,6H2,1-2H3. The molecular formula is C9H13BO4. The number of hydrogen-bond acceptors (Lipinski definition) is 4. The number of rotatable bonds is 4. The van der Waals surface area contributed by atoms with E-state index in [2.05, 4.69) is 0 Å². The van der Waals surface area contributed by atoms with Crippen molar-refractivity contribution in [3.05, 3.63) is 23.8 Å². The van der Waals surface area contributed by atoms with Crippen LogP contribution in [0.4, 0.5) is 0 Å². The Morgan fingerprint density at radius 1 is 1.36 bits per heavy atom. The van der Waals surface area contributed by atoms with Crippen molar-refractivity contribution in [1.29, 1.82) is 0 Å². The molecule has 0 heterocycles. The molecule has 4 nitrogen and oxygen atoms in total. The molecule has 0 atom stereocenters. The Labute approximate surface area is 83.2 Å². The van der Waals surface area contributed by atoms with Gasteiger partial charge in [0, 0.05) is 12.6 Å². The molecule has 0 aliphatic carbocycles. The second-order valence-electron chi connectivity index (χ2n) is 2.97. The van der Waals surface area contributed by atoms with Gasteiger partial charge in [-0.1, -0.05) is 17.7 Å². The Morgan fingerprint density at radius 2 is 2.07 bits per heavy atom. The molecular weight excluding hydrogens is 183 g/mol. The summed E-state index contributed by atoms with van der Waals surface area (Å²) >= 11 is 0. The molecule has 14 heavy (non-hydrogen) atoms. The summed E-state index contributed by atoms with van der Waals surface area (Å²) in [5, 5.41) is 18.1. The first-order valence-electron chi connectivity index (χ1n) is 4.23. The van der Waals surface area contributed by atoms with Gasteiger partial charge in [-0.2, -0.15) is 0 Å². The molecule has 0 bridgehead atoms. The predicted molar refractivity (Wildman–Crippen MR) is 53.5 cm³/mol. The van der Waals surface area contributed by atoms with Crippen LogP contribution >= 0.6 is 0 Å². The topological polar surface area (TPSA) is 58.9 Å². The fourth-order valence-corrected chi connectivity index (χ4v) is 1.12. The molecule has 0 fully saturated rings. The third-order valence-electron chi connectivity index (χ3n) is 1.78. The summed E-state index contributed by atoms with van der Waals surface area (Å²) in [4.78, 5) is 0. The zero-order valence-corrected chi connectivity index (χ0v) is 8.23. The van der Waals surface area contributed by atoms with Crippen LogP contribution in [-0.4, -0.2) is 31.1 Å². The van der Waals surface area contributed by atoms with E-state index in [4.69, 9.17) is 19.5 Å². The van der Waals surface area contributed by atoms with Crippen LogP contribution < -0.4 is 10.2 Å². The van der Waals surface area contributed by atoms with Crippen molar-refractivity contribution in [3.63, 3.8) is 0 Å². The van der Waals surface area contributed by atoms with Crippen LogP contribution in [0.2, 0.25) is 0 Å². The van der Waals surface area contributed by atoms with Crippen molar-refractivity contribution in [2.24, 2.45) is 0 Å². The lowest BCUT2D eigenvalue weighted by Crippen LogP contribution is -2.31. The molecule has 0 aliphatic rings. The lowest BCUT2D eigenvalue weighted by atomic mass is 9.79. The first kappa shape index (κ1) is 11.0. The van der Waals surface area contributed by atoms with E-state index in [0.29, 0.717) is 11.2 Å². The molecule has 1 aromatic carbocycles. The lowest BCUT2D eigenvalue weighted by molar-refractivity contribution is 0.0517. The first-order chi connectivity index (χ1) is 6.65. The molecule has 76 valence electrons. The van der Waals surface area contributed by atoms with Crippen LogP contribution in [0.3, 0.4) is 0 Å². The van der Waals surface area contributed by atoms with Gasteiger partial charge >= 0.3 is 7.12 Å². The molecule has 1 rings (SSSR count). The number of hydrogen-bond donors (Lipinski definition) is 2. The number of aryl methyl sites for hydroxylation is 1. The predicted octanol–water partition coefficient (Wildman–Crippen LogP) is -0.342. The van der Waals surface area contributed by atoms with Gasteiger partial charge in [-0.05, 0) is 13.0 Å². The molecule has 0 radical (unpaired) electrons. The number of methoxy groups -OCH3 is 1. The maximum absolute atomic E-state index is 9.06. The van der Waals surface area contributed by atoms with Gasteiger partial charge in [-0.15, -0.1) is 0 Å². The van der Waals surface area contributed by atoms with Gasteiger partial charge in [0.15, 0.2) is 6.79 Å². The highest BCUT2D eigenvalue weighted by Crippen LogP contribution is 2.09. The van der Waals surface area contributed by atoms with E-state index in [0.717, 1.165) is 5.56 Å². The Balaban J connectivity index is 2.90. The van der Waals surface area contributed by atoms with Gasteiger partial charge in [-0.3, -0.25) is 0 Å². The summed E-state index contributed by atoms with van der Waals surface area (Å²) in [6.45, 7) is 1.95. The summed E-state index contributed by atoms with van der Waals surface area (Å²) in [6, 6.07) is 5.18. The average Bonchev–Trinajstić information content (AvgIpc) is 2.15. The van der Waals surface area contributed by atoms with Crippen molar-refractivity contribution >= 4 is 12.6 Å². The Hall–Kier alpha value is -1.04. The molecule has 0 aromatic heterocycles. The quantitative estimate of drug-likeness (QED) is 0.510. The maximum atomic E-state index is 9.06. The summed E-state index contributed by atoms with van der Waals surface area (Å²) < 4.78 is 9.89. The molecule has 1 aromatic rings. The van der Waals surface area contributed by atoms with Crippen molar-refractivity contribution in [3.8, 4) is 5.75 Å². The zero-order chi connectivity index (χ0) is 10.6. The Bertz CT molecular complexity index is 301. The molecule has 2 N–H and O–H groups in total. The molecule has 5 heteroatoms.